The minimum Gasteiger partial charge on any atom is -0.461 e. The smallest absolute Gasteiger partial charge is 0.306 e. The molecule has 122 valence electrons. The van der Waals surface area contributed by atoms with Crippen molar-refractivity contribution >= 4 is 12.3 Å². The van der Waals surface area contributed by atoms with Crippen molar-refractivity contribution < 1.29 is 14.3 Å². The van der Waals surface area contributed by atoms with Crippen LogP contribution < -0.4 is 0 Å². The van der Waals surface area contributed by atoms with Crippen molar-refractivity contribution in [2.75, 3.05) is 0 Å². The Kier molecular flexibility index (Phi) is 10.9. The SMILES string of the molecule is O=CCCCCCCCCCCC(=O)OCc1ccccc1. The summed E-state index contributed by atoms with van der Waals surface area (Å²) in [6.45, 7) is 0.375. The summed E-state index contributed by atoms with van der Waals surface area (Å²) < 4.78 is 5.24. The highest BCUT2D eigenvalue weighted by Gasteiger charge is 2.03. The van der Waals surface area contributed by atoms with Gasteiger partial charge in [-0.2, -0.15) is 0 Å². The van der Waals surface area contributed by atoms with E-state index in [1.165, 1.54) is 25.7 Å². The predicted octanol–water partition coefficient (Wildman–Crippen LogP) is 4.83. The molecule has 0 atom stereocenters. The van der Waals surface area contributed by atoms with Gasteiger partial charge in [0.15, 0.2) is 0 Å². The summed E-state index contributed by atoms with van der Waals surface area (Å²) in [5.74, 6) is -0.0993. The van der Waals surface area contributed by atoms with E-state index in [1.807, 2.05) is 30.3 Å². The molecule has 0 aliphatic rings. The molecular weight excluding hydrogens is 276 g/mol. The maximum atomic E-state index is 11.6. The molecule has 0 saturated carbocycles. The third-order valence-corrected chi connectivity index (χ3v) is 3.70. The number of carbonyl (C=O) groups is 2. The summed E-state index contributed by atoms with van der Waals surface area (Å²) >= 11 is 0. The Morgan fingerprint density at radius 2 is 1.45 bits per heavy atom. The van der Waals surface area contributed by atoms with Gasteiger partial charge in [0.2, 0.25) is 0 Å². The number of hydrogen-bond acceptors (Lipinski definition) is 3. The molecule has 0 heterocycles. The van der Waals surface area contributed by atoms with E-state index in [2.05, 4.69) is 0 Å². The molecule has 1 rings (SSSR count). The fourth-order valence-electron chi connectivity index (χ4n) is 2.37. The summed E-state index contributed by atoms with van der Waals surface area (Å²) in [4.78, 5) is 21.8. The maximum Gasteiger partial charge on any atom is 0.306 e. The Bertz CT molecular complexity index is 400. The Hall–Kier alpha value is -1.64. The van der Waals surface area contributed by atoms with Crippen LogP contribution in [0.2, 0.25) is 0 Å². The lowest BCUT2D eigenvalue weighted by Gasteiger charge is -2.05. The van der Waals surface area contributed by atoms with Gasteiger partial charge in [0.05, 0.1) is 0 Å². The number of ether oxygens (including phenoxy) is 1. The number of rotatable bonds is 13. The van der Waals surface area contributed by atoms with Crippen LogP contribution >= 0.6 is 0 Å². The molecule has 0 radical (unpaired) electrons. The monoisotopic (exact) mass is 304 g/mol. The highest BCUT2D eigenvalue weighted by atomic mass is 16.5. The van der Waals surface area contributed by atoms with Crippen molar-refractivity contribution in [1.82, 2.24) is 0 Å². The largest absolute Gasteiger partial charge is 0.461 e. The Labute approximate surface area is 134 Å². The van der Waals surface area contributed by atoms with E-state index in [0.29, 0.717) is 19.4 Å². The molecule has 0 unspecified atom stereocenters. The van der Waals surface area contributed by atoms with Gasteiger partial charge >= 0.3 is 5.97 Å². The molecule has 0 aromatic heterocycles. The first kappa shape index (κ1) is 18.4. The number of carbonyl (C=O) groups excluding carboxylic acids is 2. The molecule has 0 N–H and O–H groups in total. The first-order valence-corrected chi connectivity index (χ1v) is 8.46. The Balaban J connectivity index is 1.87. The van der Waals surface area contributed by atoms with E-state index in [9.17, 15) is 9.59 Å². The molecule has 1 aromatic carbocycles. The Morgan fingerprint density at radius 3 is 2.09 bits per heavy atom. The third-order valence-electron chi connectivity index (χ3n) is 3.70. The van der Waals surface area contributed by atoms with Crippen molar-refractivity contribution in [3.63, 3.8) is 0 Å². The zero-order chi connectivity index (χ0) is 15.9. The quantitative estimate of drug-likeness (QED) is 0.298. The lowest BCUT2D eigenvalue weighted by Crippen LogP contribution is -2.04. The lowest BCUT2D eigenvalue weighted by molar-refractivity contribution is -0.145. The van der Waals surface area contributed by atoms with Gasteiger partial charge in [-0.15, -0.1) is 0 Å². The highest BCUT2D eigenvalue weighted by Crippen LogP contribution is 2.11. The second kappa shape index (κ2) is 13.1. The molecule has 0 spiro atoms. The van der Waals surface area contributed by atoms with Gasteiger partial charge in [-0.1, -0.05) is 68.9 Å². The van der Waals surface area contributed by atoms with Gasteiger partial charge in [0.1, 0.15) is 12.9 Å². The first-order valence-electron chi connectivity index (χ1n) is 8.46. The van der Waals surface area contributed by atoms with E-state index in [-0.39, 0.29) is 5.97 Å². The van der Waals surface area contributed by atoms with Crippen molar-refractivity contribution in [2.24, 2.45) is 0 Å². The third kappa shape index (κ3) is 10.1. The van der Waals surface area contributed by atoms with E-state index < -0.39 is 0 Å². The molecule has 1 aromatic rings. The molecule has 0 saturated heterocycles. The van der Waals surface area contributed by atoms with Gasteiger partial charge in [-0.05, 0) is 18.4 Å². The topological polar surface area (TPSA) is 43.4 Å². The summed E-state index contributed by atoms with van der Waals surface area (Å²) in [6.07, 6.45) is 11.3. The van der Waals surface area contributed by atoms with Crippen molar-refractivity contribution in [3.05, 3.63) is 35.9 Å². The van der Waals surface area contributed by atoms with Gasteiger partial charge in [0.25, 0.3) is 0 Å². The molecule has 0 amide bonds. The van der Waals surface area contributed by atoms with E-state index in [1.54, 1.807) is 0 Å². The van der Waals surface area contributed by atoms with Crippen LogP contribution in [0.5, 0.6) is 0 Å². The number of esters is 1. The van der Waals surface area contributed by atoms with Crippen molar-refractivity contribution in [3.8, 4) is 0 Å². The van der Waals surface area contributed by atoms with Crippen LogP contribution in [0, 0.1) is 0 Å². The molecule has 0 fully saturated rings. The van der Waals surface area contributed by atoms with Crippen LogP contribution in [0.3, 0.4) is 0 Å². The number of unbranched alkanes of at least 4 members (excludes halogenated alkanes) is 8. The van der Waals surface area contributed by atoms with E-state index in [4.69, 9.17) is 4.74 Å². The van der Waals surface area contributed by atoms with Gasteiger partial charge in [-0.25, -0.2) is 0 Å². The second-order valence-electron chi connectivity index (χ2n) is 5.68. The average Bonchev–Trinajstić information content (AvgIpc) is 2.55. The molecule has 3 nitrogen and oxygen atoms in total. The molecule has 0 bridgehead atoms. The first-order chi connectivity index (χ1) is 10.8. The van der Waals surface area contributed by atoms with Crippen LogP contribution in [0.15, 0.2) is 30.3 Å². The Morgan fingerprint density at radius 1 is 0.864 bits per heavy atom. The van der Waals surface area contributed by atoms with E-state index >= 15 is 0 Å². The fraction of sp³-hybridized carbons (Fsp3) is 0.579. The lowest BCUT2D eigenvalue weighted by atomic mass is 10.1. The summed E-state index contributed by atoms with van der Waals surface area (Å²) in [7, 11) is 0. The van der Waals surface area contributed by atoms with Gasteiger partial charge < -0.3 is 9.53 Å². The molecular formula is C19H28O3. The van der Waals surface area contributed by atoms with E-state index in [0.717, 1.165) is 37.5 Å². The summed E-state index contributed by atoms with van der Waals surface area (Å²) in [5.41, 5.74) is 1.03. The number of benzene rings is 1. The molecule has 0 aliphatic heterocycles. The van der Waals surface area contributed by atoms with Crippen LogP contribution in [-0.4, -0.2) is 12.3 Å². The second-order valence-corrected chi connectivity index (χ2v) is 5.68. The normalized spacial score (nSPS) is 10.4. The number of aldehydes is 1. The average molecular weight is 304 g/mol. The molecule has 3 heteroatoms. The maximum absolute atomic E-state index is 11.6. The fourth-order valence-corrected chi connectivity index (χ4v) is 2.37. The molecule has 0 aliphatic carbocycles. The van der Waals surface area contributed by atoms with Crippen LogP contribution in [0.25, 0.3) is 0 Å². The predicted molar refractivity (Wildman–Crippen MR) is 88.5 cm³/mol. The summed E-state index contributed by atoms with van der Waals surface area (Å²) in [5, 5.41) is 0. The van der Waals surface area contributed by atoms with Crippen LogP contribution in [0.4, 0.5) is 0 Å². The molecule has 22 heavy (non-hydrogen) atoms. The van der Waals surface area contributed by atoms with Crippen LogP contribution in [-0.2, 0) is 20.9 Å². The van der Waals surface area contributed by atoms with Gasteiger partial charge in [-0.3, -0.25) is 4.79 Å². The zero-order valence-electron chi connectivity index (χ0n) is 13.5. The number of hydrogen-bond donors (Lipinski definition) is 0. The van der Waals surface area contributed by atoms with Crippen molar-refractivity contribution in [1.29, 1.82) is 0 Å². The highest BCUT2D eigenvalue weighted by molar-refractivity contribution is 5.69. The minimum atomic E-state index is -0.0993. The van der Waals surface area contributed by atoms with Crippen molar-refractivity contribution in [2.45, 2.75) is 70.8 Å². The van der Waals surface area contributed by atoms with Gasteiger partial charge in [0, 0.05) is 12.8 Å². The minimum absolute atomic E-state index is 0.0993. The summed E-state index contributed by atoms with van der Waals surface area (Å²) in [6, 6.07) is 9.77. The zero-order valence-corrected chi connectivity index (χ0v) is 13.5. The standard InChI is InChI=1S/C19H28O3/c20-16-12-7-5-3-1-2-4-6-11-15-19(21)22-17-18-13-9-8-10-14-18/h8-10,13-14,16H,1-7,11-12,15,17H2. The van der Waals surface area contributed by atoms with Crippen LogP contribution in [0.1, 0.15) is 69.8 Å².